The van der Waals surface area contributed by atoms with Crippen molar-refractivity contribution in [2.75, 3.05) is 0 Å². The summed E-state index contributed by atoms with van der Waals surface area (Å²) in [6, 6.07) is 17.0. The zero-order valence-corrected chi connectivity index (χ0v) is 18.3. The second kappa shape index (κ2) is 9.28. The molecule has 4 nitrogen and oxygen atoms in total. The Labute approximate surface area is 171 Å². The van der Waals surface area contributed by atoms with Gasteiger partial charge in [0.05, 0.1) is 16.6 Å². The van der Waals surface area contributed by atoms with Crippen LogP contribution in [-0.2, 0) is 15.8 Å². The molecule has 1 amide bonds. The van der Waals surface area contributed by atoms with Gasteiger partial charge in [0.15, 0.2) is 11.0 Å². The van der Waals surface area contributed by atoms with Gasteiger partial charge < -0.3 is 5.32 Å². The first kappa shape index (κ1) is 22.0. The third-order valence-electron chi connectivity index (χ3n) is 4.40. The lowest BCUT2D eigenvalue weighted by atomic mass is 9.94. The van der Waals surface area contributed by atoms with Crippen molar-refractivity contribution in [2.24, 2.45) is 15.7 Å². The van der Waals surface area contributed by atoms with Crippen molar-refractivity contribution in [2.45, 2.75) is 52.5 Å². The first-order valence-electron chi connectivity index (χ1n) is 9.57. The van der Waals surface area contributed by atoms with Gasteiger partial charge in [-0.15, -0.1) is 0 Å². The molecule has 2 rings (SSSR count). The summed E-state index contributed by atoms with van der Waals surface area (Å²) in [5, 5.41) is 3.02. The van der Waals surface area contributed by atoms with E-state index in [1.54, 1.807) is 0 Å². The van der Waals surface area contributed by atoms with Crippen molar-refractivity contribution in [1.29, 1.82) is 0 Å². The van der Waals surface area contributed by atoms with Gasteiger partial charge in [0.2, 0.25) is 5.91 Å². The van der Waals surface area contributed by atoms with Crippen LogP contribution in [0, 0.1) is 11.3 Å². The normalized spacial score (nSPS) is 14.6. The lowest BCUT2D eigenvalue weighted by molar-refractivity contribution is -0.129. The highest BCUT2D eigenvalue weighted by Crippen LogP contribution is 2.24. The molecule has 0 fully saturated rings. The van der Waals surface area contributed by atoms with Crippen LogP contribution < -0.4 is 5.32 Å². The summed E-state index contributed by atoms with van der Waals surface area (Å²) < 4.78 is 17.7. The molecule has 0 bridgehead atoms. The second-order valence-electron chi connectivity index (χ2n) is 8.23. The first-order valence-corrected chi connectivity index (χ1v) is 10.7. The van der Waals surface area contributed by atoms with Crippen LogP contribution in [0.3, 0.4) is 0 Å². The predicted octanol–water partition coefficient (Wildman–Crippen LogP) is 5.08. The smallest absolute Gasteiger partial charge is 0.225 e. The number of nitrogens with zero attached hydrogens (tertiary/aromatic N) is 1. The van der Waals surface area contributed by atoms with E-state index in [9.17, 15) is 9.00 Å². The van der Waals surface area contributed by atoms with Gasteiger partial charge in [-0.05, 0) is 30.0 Å². The lowest BCUT2D eigenvalue weighted by Gasteiger charge is -2.23. The van der Waals surface area contributed by atoms with Crippen LogP contribution in [0.15, 0.2) is 63.9 Å². The number of amides is 1. The fraction of sp³-hybridized carbons (Fsp3) is 0.391. The molecule has 0 aliphatic rings. The van der Waals surface area contributed by atoms with Crippen LogP contribution in [-0.4, -0.2) is 15.8 Å². The molecule has 28 heavy (non-hydrogen) atoms. The quantitative estimate of drug-likeness (QED) is 0.690. The lowest BCUT2D eigenvalue weighted by Crippen LogP contribution is -2.36. The van der Waals surface area contributed by atoms with E-state index in [-0.39, 0.29) is 17.9 Å². The van der Waals surface area contributed by atoms with Crippen LogP contribution in [0.2, 0.25) is 0 Å². The zero-order valence-electron chi connectivity index (χ0n) is 17.5. The molecule has 2 aromatic carbocycles. The van der Waals surface area contributed by atoms with Gasteiger partial charge in [-0.25, -0.2) is 4.21 Å². The van der Waals surface area contributed by atoms with E-state index in [2.05, 4.69) is 9.71 Å². The third kappa shape index (κ3) is 5.61. The van der Waals surface area contributed by atoms with E-state index in [4.69, 9.17) is 0 Å². The summed E-state index contributed by atoms with van der Waals surface area (Å²) >= 11 is 0. The van der Waals surface area contributed by atoms with Crippen LogP contribution >= 0.6 is 0 Å². The maximum atomic E-state index is 13.2. The molecule has 0 saturated carbocycles. The largest absolute Gasteiger partial charge is 0.349 e. The molecule has 0 saturated heterocycles. The Morgan fingerprint density at radius 1 is 0.964 bits per heavy atom. The maximum absolute atomic E-state index is 13.2. The number of benzene rings is 2. The Kier molecular flexibility index (Phi) is 7.30. The summed E-state index contributed by atoms with van der Waals surface area (Å²) in [4.78, 5) is 13.0. The number of hydrogen-bond donors (Lipinski definition) is 1. The molecule has 0 aromatic heterocycles. The number of hydrogen-bond acceptors (Lipinski definition) is 2. The van der Waals surface area contributed by atoms with Gasteiger partial charge in [0.1, 0.15) is 0 Å². The highest BCUT2D eigenvalue weighted by Gasteiger charge is 2.24. The van der Waals surface area contributed by atoms with Gasteiger partial charge >= 0.3 is 0 Å². The SMILES string of the molecule is CC(C)/C(=N\[S@](=O)c1ccccc1[C@@H](C)NC(=O)C(C)(C)C)c1ccccc1. The van der Waals surface area contributed by atoms with E-state index < -0.39 is 16.4 Å². The Balaban J connectivity index is 2.37. The molecule has 1 N–H and O–H groups in total. The van der Waals surface area contributed by atoms with Gasteiger partial charge in [0.25, 0.3) is 0 Å². The third-order valence-corrected chi connectivity index (χ3v) is 5.51. The van der Waals surface area contributed by atoms with Crippen molar-refractivity contribution in [3.05, 3.63) is 65.7 Å². The summed E-state index contributed by atoms with van der Waals surface area (Å²) in [6.45, 7) is 11.6. The van der Waals surface area contributed by atoms with Gasteiger partial charge in [-0.2, -0.15) is 4.40 Å². The minimum Gasteiger partial charge on any atom is -0.349 e. The van der Waals surface area contributed by atoms with Crippen molar-refractivity contribution in [3.8, 4) is 0 Å². The van der Waals surface area contributed by atoms with E-state index in [1.165, 1.54) is 0 Å². The van der Waals surface area contributed by atoms with Gasteiger partial charge in [0, 0.05) is 5.41 Å². The van der Waals surface area contributed by atoms with Crippen molar-refractivity contribution < 1.29 is 9.00 Å². The summed E-state index contributed by atoms with van der Waals surface area (Å²) in [7, 11) is -1.57. The fourth-order valence-electron chi connectivity index (χ4n) is 2.73. The van der Waals surface area contributed by atoms with E-state index >= 15 is 0 Å². The predicted molar refractivity (Wildman–Crippen MR) is 117 cm³/mol. The standard InChI is InChI=1S/C23H30N2O2S/c1-16(2)21(18-12-8-7-9-13-18)25-28(27)20-15-11-10-14-19(20)17(3)24-22(26)23(4,5)6/h7-17H,1-6H3,(H,24,26)/b25-21+/t17-,28-/m1/s1. The highest BCUT2D eigenvalue weighted by atomic mass is 32.2. The topological polar surface area (TPSA) is 58.5 Å². The number of carbonyl (C=O) groups is 1. The molecular weight excluding hydrogens is 368 g/mol. The highest BCUT2D eigenvalue weighted by molar-refractivity contribution is 7.84. The maximum Gasteiger partial charge on any atom is 0.225 e. The fourth-order valence-corrected chi connectivity index (χ4v) is 3.96. The Bertz CT molecular complexity index is 868. The minimum absolute atomic E-state index is 0.0451. The van der Waals surface area contributed by atoms with Gasteiger partial charge in [-0.3, -0.25) is 4.79 Å². The van der Waals surface area contributed by atoms with Crippen LogP contribution in [0.25, 0.3) is 0 Å². The Morgan fingerprint density at radius 2 is 1.54 bits per heavy atom. The number of carbonyl (C=O) groups excluding carboxylic acids is 1. The molecule has 150 valence electrons. The Morgan fingerprint density at radius 3 is 2.11 bits per heavy atom. The second-order valence-corrected chi connectivity index (χ2v) is 9.35. The average Bonchev–Trinajstić information content (AvgIpc) is 2.65. The zero-order chi connectivity index (χ0) is 20.9. The molecule has 0 spiro atoms. The number of rotatable bonds is 6. The monoisotopic (exact) mass is 398 g/mol. The van der Waals surface area contributed by atoms with Crippen molar-refractivity contribution in [1.82, 2.24) is 5.32 Å². The molecule has 0 unspecified atom stereocenters. The summed E-state index contributed by atoms with van der Waals surface area (Å²) in [6.07, 6.45) is 0. The molecule has 5 heteroatoms. The molecule has 2 atom stereocenters. The molecule has 0 radical (unpaired) electrons. The van der Waals surface area contributed by atoms with Crippen LogP contribution in [0.4, 0.5) is 0 Å². The average molecular weight is 399 g/mol. The summed E-state index contributed by atoms with van der Waals surface area (Å²) in [5.41, 5.74) is 2.11. The molecule has 0 aliphatic carbocycles. The minimum atomic E-state index is -1.57. The van der Waals surface area contributed by atoms with Crippen molar-refractivity contribution in [3.63, 3.8) is 0 Å². The molecule has 0 aliphatic heterocycles. The molecule has 2 aromatic rings. The Hall–Kier alpha value is -2.27. The van der Waals surface area contributed by atoms with Crippen LogP contribution in [0.5, 0.6) is 0 Å². The van der Waals surface area contributed by atoms with E-state index in [0.717, 1.165) is 16.8 Å². The molecule has 0 heterocycles. The van der Waals surface area contributed by atoms with E-state index in [0.29, 0.717) is 4.90 Å². The first-order chi connectivity index (χ1) is 13.1. The summed E-state index contributed by atoms with van der Waals surface area (Å²) in [5.74, 6) is 0.0905. The van der Waals surface area contributed by atoms with Crippen LogP contribution in [0.1, 0.15) is 58.7 Å². The molecular formula is C23H30N2O2S. The number of nitrogens with one attached hydrogen (secondary N) is 1. The van der Waals surface area contributed by atoms with Gasteiger partial charge in [-0.1, -0.05) is 83.1 Å². The van der Waals surface area contributed by atoms with E-state index in [1.807, 2.05) is 96.1 Å². The van der Waals surface area contributed by atoms with Crippen molar-refractivity contribution >= 4 is 22.6 Å².